The number of hydrogen-bond donors (Lipinski definition) is 3. The zero-order chi connectivity index (χ0) is 23.8. The molecular weight excluding hydrogens is 446 g/mol. The Labute approximate surface area is 195 Å². The summed E-state index contributed by atoms with van der Waals surface area (Å²) in [6.07, 6.45) is -0.839. The molecule has 0 aliphatic heterocycles. The minimum absolute atomic E-state index is 0.148. The number of amides is 2. The van der Waals surface area contributed by atoms with E-state index in [1.165, 1.54) is 4.57 Å². The van der Waals surface area contributed by atoms with E-state index in [9.17, 15) is 9.59 Å². The fraction of sp³-hybridized carbons (Fsp3) is 0.273. The number of H-pyrrole nitrogens is 1. The molecule has 11 heteroatoms. The Bertz CT molecular complexity index is 1140. The highest BCUT2D eigenvalue weighted by Gasteiger charge is 2.17. The molecule has 3 N–H and O–H groups in total. The molecule has 0 bridgehead atoms. The van der Waals surface area contributed by atoms with Crippen molar-refractivity contribution in [3.63, 3.8) is 0 Å². The third-order valence-electron chi connectivity index (χ3n) is 4.55. The SMILES string of the molecule is CCOc1ccc(OC(C)C(=O)NNC(=O)Cn2c(-c3ccc(OC)cc3)n[nH]c2=S)cc1. The number of rotatable bonds is 9. The summed E-state index contributed by atoms with van der Waals surface area (Å²) in [6, 6.07) is 14.1. The summed E-state index contributed by atoms with van der Waals surface area (Å²) in [4.78, 5) is 24.7. The largest absolute Gasteiger partial charge is 0.497 e. The maximum Gasteiger partial charge on any atom is 0.279 e. The number of ether oxygens (including phenoxy) is 3. The van der Waals surface area contributed by atoms with Gasteiger partial charge in [-0.1, -0.05) is 0 Å². The van der Waals surface area contributed by atoms with E-state index in [2.05, 4.69) is 21.0 Å². The van der Waals surface area contributed by atoms with Crippen molar-refractivity contribution >= 4 is 24.0 Å². The first-order valence-corrected chi connectivity index (χ1v) is 10.6. The molecule has 3 rings (SSSR count). The third kappa shape index (κ3) is 6.32. The molecule has 2 amide bonds. The standard InChI is InChI=1S/C22H25N5O5S/c1-4-31-17-9-11-18(12-10-17)32-14(2)21(29)25-23-19(28)13-27-20(24-26-22(27)33)15-5-7-16(30-3)8-6-15/h5-12,14H,4,13H2,1-3H3,(H,23,28)(H,25,29)(H,26,33). The van der Waals surface area contributed by atoms with Gasteiger partial charge in [-0.25, -0.2) is 0 Å². The number of nitrogens with zero attached hydrogens (tertiary/aromatic N) is 2. The summed E-state index contributed by atoms with van der Waals surface area (Å²) in [7, 11) is 1.58. The summed E-state index contributed by atoms with van der Waals surface area (Å²) in [5, 5.41) is 6.87. The minimum Gasteiger partial charge on any atom is -0.497 e. The average molecular weight is 472 g/mol. The van der Waals surface area contributed by atoms with E-state index in [-0.39, 0.29) is 11.3 Å². The fourth-order valence-corrected chi connectivity index (χ4v) is 3.08. The topological polar surface area (TPSA) is 120 Å². The second-order valence-corrected chi connectivity index (χ2v) is 7.26. The van der Waals surface area contributed by atoms with Crippen molar-refractivity contribution in [1.29, 1.82) is 0 Å². The van der Waals surface area contributed by atoms with Crippen LogP contribution in [-0.2, 0) is 16.1 Å². The van der Waals surface area contributed by atoms with E-state index in [0.717, 1.165) is 5.56 Å². The van der Waals surface area contributed by atoms with E-state index in [1.807, 2.05) is 6.92 Å². The molecule has 10 nitrogen and oxygen atoms in total. The summed E-state index contributed by atoms with van der Waals surface area (Å²) >= 11 is 5.24. The monoisotopic (exact) mass is 471 g/mol. The van der Waals surface area contributed by atoms with E-state index in [1.54, 1.807) is 62.6 Å². The molecule has 0 radical (unpaired) electrons. The van der Waals surface area contributed by atoms with Gasteiger partial charge in [-0.15, -0.1) is 0 Å². The van der Waals surface area contributed by atoms with Gasteiger partial charge in [0.25, 0.3) is 11.8 Å². The lowest BCUT2D eigenvalue weighted by Crippen LogP contribution is -2.48. The van der Waals surface area contributed by atoms with Gasteiger partial charge in [-0.05, 0) is 74.6 Å². The molecule has 0 aliphatic rings. The lowest BCUT2D eigenvalue weighted by Gasteiger charge is -2.16. The first-order valence-electron chi connectivity index (χ1n) is 10.2. The lowest BCUT2D eigenvalue weighted by molar-refractivity contribution is -0.132. The van der Waals surface area contributed by atoms with Crippen molar-refractivity contribution in [2.75, 3.05) is 13.7 Å². The Hall–Kier alpha value is -3.86. The van der Waals surface area contributed by atoms with Crippen molar-refractivity contribution in [1.82, 2.24) is 25.6 Å². The number of aromatic amines is 1. The Kier molecular flexibility index (Phi) is 8.03. The highest BCUT2D eigenvalue weighted by molar-refractivity contribution is 7.71. The van der Waals surface area contributed by atoms with Crippen LogP contribution in [0.5, 0.6) is 17.2 Å². The van der Waals surface area contributed by atoms with Crippen LogP contribution in [0, 0.1) is 4.77 Å². The summed E-state index contributed by atoms with van der Waals surface area (Å²) in [5.41, 5.74) is 5.48. The predicted octanol–water partition coefficient (Wildman–Crippen LogP) is 2.63. The molecular formula is C22H25N5O5S. The Morgan fingerprint density at radius 1 is 1.06 bits per heavy atom. The van der Waals surface area contributed by atoms with Crippen LogP contribution in [0.1, 0.15) is 13.8 Å². The number of carbonyl (C=O) groups is 2. The van der Waals surface area contributed by atoms with Crippen molar-refractivity contribution in [2.24, 2.45) is 0 Å². The number of carbonyl (C=O) groups excluding carboxylic acids is 2. The van der Waals surface area contributed by atoms with Gasteiger partial charge in [-0.2, -0.15) is 5.10 Å². The second-order valence-electron chi connectivity index (χ2n) is 6.87. The van der Waals surface area contributed by atoms with Gasteiger partial charge in [0, 0.05) is 5.56 Å². The number of aromatic nitrogens is 3. The fourth-order valence-electron chi connectivity index (χ4n) is 2.88. The van der Waals surface area contributed by atoms with Crippen LogP contribution in [0.2, 0.25) is 0 Å². The number of hydrazine groups is 1. The van der Waals surface area contributed by atoms with Gasteiger partial charge < -0.3 is 14.2 Å². The lowest BCUT2D eigenvalue weighted by atomic mass is 10.2. The normalized spacial score (nSPS) is 11.4. The molecule has 33 heavy (non-hydrogen) atoms. The van der Waals surface area contributed by atoms with Crippen LogP contribution < -0.4 is 25.1 Å². The van der Waals surface area contributed by atoms with Crippen LogP contribution in [0.3, 0.4) is 0 Å². The Balaban J connectivity index is 1.55. The molecule has 174 valence electrons. The molecule has 1 aromatic heterocycles. The van der Waals surface area contributed by atoms with Crippen LogP contribution in [0.15, 0.2) is 48.5 Å². The highest BCUT2D eigenvalue weighted by Crippen LogP contribution is 2.21. The molecule has 3 aromatic rings. The maximum atomic E-state index is 12.4. The van der Waals surface area contributed by atoms with Crippen LogP contribution in [-0.4, -0.2) is 46.4 Å². The predicted molar refractivity (Wildman–Crippen MR) is 123 cm³/mol. The first kappa shape index (κ1) is 23.8. The zero-order valence-corrected chi connectivity index (χ0v) is 19.3. The van der Waals surface area contributed by atoms with Crippen molar-refractivity contribution < 1.29 is 23.8 Å². The van der Waals surface area contributed by atoms with Crippen LogP contribution >= 0.6 is 12.2 Å². The molecule has 0 saturated carbocycles. The van der Waals surface area contributed by atoms with Gasteiger partial charge in [0.15, 0.2) is 16.7 Å². The number of methoxy groups -OCH3 is 1. The molecule has 0 fully saturated rings. The smallest absolute Gasteiger partial charge is 0.279 e. The number of benzene rings is 2. The van der Waals surface area contributed by atoms with Crippen molar-refractivity contribution in [2.45, 2.75) is 26.5 Å². The summed E-state index contributed by atoms with van der Waals surface area (Å²) in [5.74, 6) is 1.40. The van der Waals surface area contributed by atoms with Crippen molar-refractivity contribution in [3.8, 4) is 28.6 Å². The van der Waals surface area contributed by atoms with E-state index < -0.39 is 17.9 Å². The third-order valence-corrected chi connectivity index (χ3v) is 4.86. The highest BCUT2D eigenvalue weighted by atomic mass is 32.1. The second kappa shape index (κ2) is 11.1. The van der Waals surface area contributed by atoms with E-state index in [0.29, 0.717) is 29.7 Å². The minimum atomic E-state index is -0.839. The van der Waals surface area contributed by atoms with E-state index >= 15 is 0 Å². The molecule has 1 unspecified atom stereocenters. The number of nitrogens with one attached hydrogen (secondary N) is 3. The number of hydrogen-bond acceptors (Lipinski definition) is 7. The zero-order valence-electron chi connectivity index (χ0n) is 18.5. The molecule has 0 spiro atoms. The van der Waals surface area contributed by atoms with Crippen LogP contribution in [0.25, 0.3) is 11.4 Å². The molecule has 0 saturated heterocycles. The van der Waals surface area contributed by atoms with Gasteiger partial charge in [0.1, 0.15) is 23.8 Å². The van der Waals surface area contributed by atoms with Gasteiger partial charge in [-0.3, -0.25) is 30.1 Å². The molecule has 0 aliphatic carbocycles. The van der Waals surface area contributed by atoms with Crippen molar-refractivity contribution in [3.05, 3.63) is 53.3 Å². The summed E-state index contributed by atoms with van der Waals surface area (Å²) < 4.78 is 17.9. The first-order chi connectivity index (χ1) is 15.9. The molecule has 1 heterocycles. The maximum absolute atomic E-state index is 12.4. The average Bonchev–Trinajstić information content (AvgIpc) is 3.18. The molecule has 2 aromatic carbocycles. The Morgan fingerprint density at radius 2 is 1.70 bits per heavy atom. The molecule has 1 atom stereocenters. The van der Waals surface area contributed by atoms with Gasteiger partial charge in [0.05, 0.1) is 13.7 Å². The summed E-state index contributed by atoms with van der Waals surface area (Å²) in [6.45, 7) is 3.88. The van der Waals surface area contributed by atoms with Crippen LogP contribution in [0.4, 0.5) is 0 Å². The Morgan fingerprint density at radius 3 is 2.33 bits per heavy atom. The quantitative estimate of drug-likeness (QED) is 0.324. The van der Waals surface area contributed by atoms with Gasteiger partial charge >= 0.3 is 0 Å². The van der Waals surface area contributed by atoms with Gasteiger partial charge in [0.2, 0.25) is 0 Å². The van der Waals surface area contributed by atoms with E-state index in [4.69, 9.17) is 26.4 Å².